The highest BCUT2D eigenvalue weighted by Crippen LogP contribution is 2.44. The molecule has 0 spiro atoms. The number of benzene rings is 8. The van der Waals surface area contributed by atoms with Crippen LogP contribution in [0.2, 0.25) is 0 Å². The molecule has 4 heteroatoms. The zero-order chi connectivity index (χ0) is 32.3. The normalized spacial score (nSPS) is 11.7. The second kappa shape index (κ2) is 11.0. The van der Waals surface area contributed by atoms with E-state index in [1.165, 1.54) is 0 Å². The Morgan fingerprint density at radius 1 is 0.429 bits per heavy atom. The molecule has 230 valence electrons. The lowest BCUT2D eigenvalue weighted by atomic mass is 9.98. The van der Waals surface area contributed by atoms with Crippen LogP contribution in [0.3, 0.4) is 0 Å². The van der Waals surface area contributed by atoms with Crippen molar-refractivity contribution < 1.29 is 8.83 Å². The van der Waals surface area contributed by atoms with E-state index in [4.69, 9.17) is 13.8 Å². The number of oxazole rings is 1. The van der Waals surface area contributed by atoms with Crippen molar-refractivity contribution in [1.82, 2.24) is 4.98 Å². The van der Waals surface area contributed by atoms with Gasteiger partial charge in [0.1, 0.15) is 16.7 Å². The highest BCUT2D eigenvalue weighted by atomic mass is 16.3. The minimum Gasteiger partial charge on any atom is -0.456 e. The van der Waals surface area contributed by atoms with E-state index in [2.05, 4.69) is 126 Å². The molecule has 2 aromatic heterocycles. The molecule has 0 saturated heterocycles. The predicted octanol–water partition coefficient (Wildman–Crippen LogP) is 12.8. The molecule has 0 bridgehead atoms. The first-order valence-corrected chi connectivity index (χ1v) is 16.5. The standard InChI is InChI=1S/C45H28N2O2/c1-3-11-29(12-4-1)35-15-7-9-17-39(35)47(34-24-26-41-38(28-34)36-16-8-10-18-40(36)48-41)33-23-21-30-19-20-31-22-25-42-44(43(31)37(30)27-33)46-45(49-42)32-13-5-2-6-14-32/h1-28H. The molecule has 0 N–H and O–H groups in total. The second-order valence-electron chi connectivity index (χ2n) is 12.4. The zero-order valence-corrected chi connectivity index (χ0v) is 26.4. The summed E-state index contributed by atoms with van der Waals surface area (Å²) in [5.74, 6) is 0.621. The molecule has 0 saturated carbocycles. The zero-order valence-electron chi connectivity index (χ0n) is 26.4. The maximum Gasteiger partial charge on any atom is 0.227 e. The van der Waals surface area contributed by atoms with Crippen LogP contribution in [0.25, 0.3) is 77.2 Å². The average molecular weight is 629 g/mol. The van der Waals surface area contributed by atoms with Gasteiger partial charge in [-0.3, -0.25) is 0 Å². The van der Waals surface area contributed by atoms with Crippen molar-refractivity contribution in [1.29, 1.82) is 0 Å². The molecule has 0 aliphatic rings. The van der Waals surface area contributed by atoms with Crippen molar-refractivity contribution in [2.24, 2.45) is 0 Å². The first kappa shape index (κ1) is 27.5. The third-order valence-corrected chi connectivity index (χ3v) is 9.47. The van der Waals surface area contributed by atoms with Crippen molar-refractivity contribution in [3.63, 3.8) is 0 Å². The summed E-state index contributed by atoms with van der Waals surface area (Å²) in [6.45, 7) is 0. The van der Waals surface area contributed by atoms with Crippen molar-refractivity contribution in [3.05, 3.63) is 170 Å². The Morgan fingerprint density at radius 2 is 1.04 bits per heavy atom. The topological polar surface area (TPSA) is 42.4 Å². The molecule has 0 aliphatic heterocycles. The maximum absolute atomic E-state index is 6.33. The van der Waals surface area contributed by atoms with Crippen LogP contribution in [-0.4, -0.2) is 4.98 Å². The van der Waals surface area contributed by atoms with E-state index in [0.717, 1.165) is 88.3 Å². The van der Waals surface area contributed by atoms with E-state index in [9.17, 15) is 0 Å². The summed E-state index contributed by atoms with van der Waals surface area (Å²) in [5.41, 5.74) is 9.81. The number of para-hydroxylation sites is 2. The molecule has 49 heavy (non-hydrogen) atoms. The van der Waals surface area contributed by atoms with E-state index in [-0.39, 0.29) is 0 Å². The first-order valence-electron chi connectivity index (χ1n) is 16.5. The maximum atomic E-state index is 6.33. The number of nitrogens with zero attached hydrogens (tertiary/aromatic N) is 2. The van der Waals surface area contributed by atoms with E-state index in [1.54, 1.807) is 0 Å². The van der Waals surface area contributed by atoms with Crippen LogP contribution in [0, 0.1) is 0 Å². The summed E-state index contributed by atoms with van der Waals surface area (Å²) in [5, 5.41) is 6.64. The molecular weight excluding hydrogens is 601 g/mol. The molecule has 10 rings (SSSR count). The van der Waals surface area contributed by atoms with Gasteiger partial charge in [-0.25, -0.2) is 4.98 Å². The lowest BCUT2D eigenvalue weighted by molar-refractivity contribution is 0.620. The van der Waals surface area contributed by atoms with Gasteiger partial charge < -0.3 is 13.7 Å². The minimum atomic E-state index is 0.621. The van der Waals surface area contributed by atoms with Gasteiger partial charge in [0.25, 0.3) is 0 Å². The molecule has 0 aliphatic carbocycles. The molecule has 2 heterocycles. The molecule has 0 atom stereocenters. The van der Waals surface area contributed by atoms with Crippen LogP contribution in [0.5, 0.6) is 0 Å². The Bertz CT molecular complexity index is 2830. The van der Waals surface area contributed by atoms with Crippen LogP contribution in [0.15, 0.2) is 179 Å². The Labute approximate surface area is 282 Å². The van der Waals surface area contributed by atoms with Gasteiger partial charge in [-0.05, 0) is 82.4 Å². The van der Waals surface area contributed by atoms with Gasteiger partial charge in [-0.15, -0.1) is 0 Å². The molecule has 0 radical (unpaired) electrons. The van der Waals surface area contributed by atoms with Crippen LogP contribution >= 0.6 is 0 Å². The Balaban J connectivity index is 1.25. The molecule has 0 unspecified atom stereocenters. The van der Waals surface area contributed by atoms with E-state index >= 15 is 0 Å². The molecule has 8 aromatic carbocycles. The second-order valence-corrected chi connectivity index (χ2v) is 12.4. The van der Waals surface area contributed by atoms with Gasteiger partial charge >= 0.3 is 0 Å². The smallest absolute Gasteiger partial charge is 0.227 e. The molecule has 0 fully saturated rings. The fraction of sp³-hybridized carbons (Fsp3) is 0. The number of furan rings is 1. The molecule has 4 nitrogen and oxygen atoms in total. The third kappa shape index (κ3) is 4.49. The van der Waals surface area contributed by atoms with Crippen LogP contribution < -0.4 is 4.90 Å². The van der Waals surface area contributed by atoms with Crippen molar-refractivity contribution >= 4 is 71.6 Å². The van der Waals surface area contributed by atoms with Gasteiger partial charge in [0.05, 0.1) is 5.69 Å². The first-order chi connectivity index (χ1) is 24.3. The summed E-state index contributed by atoms with van der Waals surface area (Å²) < 4.78 is 12.6. The third-order valence-electron chi connectivity index (χ3n) is 9.47. The lowest BCUT2D eigenvalue weighted by Crippen LogP contribution is -2.11. The monoisotopic (exact) mass is 628 g/mol. The predicted molar refractivity (Wildman–Crippen MR) is 202 cm³/mol. The van der Waals surface area contributed by atoms with Gasteiger partial charge in [0.15, 0.2) is 5.58 Å². The number of anilines is 3. The van der Waals surface area contributed by atoms with Gasteiger partial charge in [-0.2, -0.15) is 0 Å². The van der Waals surface area contributed by atoms with E-state index < -0.39 is 0 Å². The fourth-order valence-corrected chi connectivity index (χ4v) is 7.17. The molecule has 10 aromatic rings. The summed E-state index contributed by atoms with van der Waals surface area (Å²) >= 11 is 0. The number of hydrogen-bond acceptors (Lipinski definition) is 4. The summed E-state index contributed by atoms with van der Waals surface area (Å²) in [7, 11) is 0. The minimum absolute atomic E-state index is 0.621. The Hall–Kier alpha value is -6.65. The number of rotatable bonds is 5. The van der Waals surface area contributed by atoms with Crippen LogP contribution in [0.1, 0.15) is 0 Å². The summed E-state index contributed by atoms with van der Waals surface area (Å²) in [6, 6.07) is 59.3. The SMILES string of the molecule is c1ccc(-c2nc3c(ccc4ccc5ccc(N(c6ccc7oc8ccccc8c7c6)c6ccccc6-c6ccccc6)cc5c43)o2)cc1. The number of hydrogen-bond donors (Lipinski definition) is 0. The largest absolute Gasteiger partial charge is 0.456 e. The lowest BCUT2D eigenvalue weighted by Gasteiger charge is -2.28. The van der Waals surface area contributed by atoms with Gasteiger partial charge in [0, 0.05) is 38.7 Å². The quantitative estimate of drug-likeness (QED) is 0.178. The molecular formula is C45H28N2O2. The number of fused-ring (bicyclic) bond motifs is 8. The number of aromatic nitrogens is 1. The highest BCUT2D eigenvalue weighted by Gasteiger charge is 2.20. The highest BCUT2D eigenvalue weighted by molar-refractivity contribution is 6.19. The van der Waals surface area contributed by atoms with Gasteiger partial charge in [-0.1, -0.05) is 109 Å². The van der Waals surface area contributed by atoms with E-state index in [0.29, 0.717) is 5.89 Å². The van der Waals surface area contributed by atoms with Crippen molar-refractivity contribution in [3.8, 4) is 22.6 Å². The van der Waals surface area contributed by atoms with Crippen molar-refractivity contribution in [2.45, 2.75) is 0 Å². The van der Waals surface area contributed by atoms with Crippen LogP contribution in [0.4, 0.5) is 17.1 Å². The van der Waals surface area contributed by atoms with Crippen LogP contribution in [-0.2, 0) is 0 Å². The Kier molecular flexibility index (Phi) is 6.15. The molecule has 0 amide bonds. The van der Waals surface area contributed by atoms with E-state index in [1.807, 2.05) is 48.5 Å². The van der Waals surface area contributed by atoms with Crippen molar-refractivity contribution in [2.75, 3.05) is 4.90 Å². The average Bonchev–Trinajstić information content (AvgIpc) is 3.78. The summed E-state index contributed by atoms with van der Waals surface area (Å²) in [6.07, 6.45) is 0. The van der Waals surface area contributed by atoms with Gasteiger partial charge in [0.2, 0.25) is 5.89 Å². The summed E-state index contributed by atoms with van der Waals surface area (Å²) in [4.78, 5) is 7.43. The fourth-order valence-electron chi connectivity index (χ4n) is 7.17. The Morgan fingerprint density at radius 3 is 1.90 bits per heavy atom.